The van der Waals surface area contributed by atoms with Gasteiger partial charge >= 0.3 is 0 Å². The SMILES string of the molecule is CCNC(=NCc1ccccc1CS(=O)(=O)NC(C)C)N1CCCC(C)C1.I. The van der Waals surface area contributed by atoms with Gasteiger partial charge in [-0.05, 0) is 50.7 Å². The number of sulfonamides is 1. The Labute approximate surface area is 187 Å². The Morgan fingerprint density at radius 1 is 1.29 bits per heavy atom. The van der Waals surface area contributed by atoms with Crippen LogP contribution in [0.1, 0.15) is 51.7 Å². The largest absolute Gasteiger partial charge is 0.357 e. The molecule has 1 fully saturated rings. The standard InChI is InChI=1S/C20H34N4O2S.HI/c1-5-21-20(24-12-8-9-17(4)14-24)22-13-18-10-6-7-11-19(18)15-27(25,26)23-16(2)3;/h6-7,10-11,16-17,23H,5,8-9,12-15H2,1-4H3,(H,21,22);1H. The first-order chi connectivity index (χ1) is 12.8. The monoisotopic (exact) mass is 522 g/mol. The fourth-order valence-corrected chi connectivity index (χ4v) is 4.92. The number of piperidine rings is 1. The number of likely N-dealkylation sites (tertiary alicyclic amines) is 1. The Bertz CT molecular complexity index is 737. The second-order valence-electron chi connectivity index (χ2n) is 7.66. The van der Waals surface area contributed by atoms with Gasteiger partial charge in [-0.1, -0.05) is 31.2 Å². The third-order valence-corrected chi connectivity index (χ3v) is 6.09. The maximum absolute atomic E-state index is 12.3. The second-order valence-corrected chi connectivity index (χ2v) is 9.42. The van der Waals surface area contributed by atoms with E-state index in [-0.39, 0.29) is 35.8 Å². The van der Waals surface area contributed by atoms with Crippen LogP contribution in [0.5, 0.6) is 0 Å². The van der Waals surface area contributed by atoms with Gasteiger partial charge in [0.1, 0.15) is 0 Å². The van der Waals surface area contributed by atoms with Crippen molar-refractivity contribution in [3.63, 3.8) is 0 Å². The van der Waals surface area contributed by atoms with E-state index >= 15 is 0 Å². The predicted molar refractivity (Wildman–Crippen MR) is 128 cm³/mol. The summed E-state index contributed by atoms with van der Waals surface area (Å²) >= 11 is 0. The third-order valence-electron chi connectivity index (χ3n) is 4.57. The molecule has 0 radical (unpaired) electrons. The summed E-state index contributed by atoms with van der Waals surface area (Å²) < 4.78 is 27.3. The zero-order valence-electron chi connectivity index (χ0n) is 17.4. The molecular weight excluding hydrogens is 487 g/mol. The minimum absolute atomic E-state index is 0. The van der Waals surface area contributed by atoms with E-state index in [1.54, 1.807) is 0 Å². The van der Waals surface area contributed by atoms with Gasteiger partial charge in [-0.25, -0.2) is 18.1 Å². The molecule has 1 aliphatic rings. The molecule has 0 aliphatic carbocycles. The van der Waals surface area contributed by atoms with E-state index in [0.717, 1.165) is 36.7 Å². The number of nitrogens with one attached hydrogen (secondary N) is 2. The number of rotatable bonds is 7. The first-order valence-electron chi connectivity index (χ1n) is 9.90. The first-order valence-corrected chi connectivity index (χ1v) is 11.6. The summed E-state index contributed by atoms with van der Waals surface area (Å²) in [4.78, 5) is 7.13. The molecule has 6 nitrogen and oxygen atoms in total. The molecule has 0 saturated carbocycles. The Morgan fingerprint density at radius 3 is 2.57 bits per heavy atom. The van der Waals surface area contributed by atoms with Gasteiger partial charge < -0.3 is 10.2 Å². The van der Waals surface area contributed by atoms with Crippen molar-refractivity contribution in [3.05, 3.63) is 35.4 Å². The average molecular weight is 522 g/mol. The molecule has 1 aliphatic heterocycles. The van der Waals surface area contributed by atoms with Crippen molar-refractivity contribution in [2.45, 2.75) is 58.9 Å². The first kappa shape index (κ1) is 25.2. The highest BCUT2D eigenvalue weighted by atomic mass is 127. The molecular formula is C20H35IN4O2S. The highest BCUT2D eigenvalue weighted by Crippen LogP contribution is 2.17. The number of hydrogen-bond donors (Lipinski definition) is 2. The van der Waals surface area contributed by atoms with E-state index in [0.29, 0.717) is 12.5 Å². The molecule has 28 heavy (non-hydrogen) atoms. The highest BCUT2D eigenvalue weighted by molar-refractivity contribution is 14.0. The van der Waals surface area contributed by atoms with Crippen LogP contribution in [0.25, 0.3) is 0 Å². The molecule has 1 unspecified atom stereocenters. The van der Waals surface area contributed by atoms with Gasteiger partial charge in [0.05, 0.1) is 12.3 Å². The summed E-state index contributed by atoms with van der Waals surface area (Å²) in [5.41, 5.74) is 1.75. The van der Waals surface area contributed by atoms with E-state index < -0.39 is 10.0 Å². The van der Waals surface area contributed by atoms with Crippen molar-refractivity contribution < 1.29 is 8.42 Å². The molecule has 2 N–H and O–H groups in total. The Morgan fingerprint density at radius 2 is 1.96 bits per heavy atom. The van der Waals surface area contributed by atoms with Gasteiger partial charge in [0.25, 0.3) is 0 Å². The molecule has 1 aromatic carbocycles. The van der Waals surface area contributed by atoms with Crippen molar-refractivity contribution in [1.82, 2.24) is 14.9 Å². The summed E-state index contributed by atoms with van der Waals surface area (Å²) in [5, 5.41) is 3.38. The molecule has 0 spiro atoms. The minimum Gasteiger partial charge on any atom is -0.357 e. The second kappa shape index (κ2) is 12.0. The predicted octanol–water partition coefficient (Wildman–Crippen LogP) is 3.33. The molecule has 1 heterocycles. The van der Waals surface area contributed by atoms with Crippen LogP contribution in [0.3, 0.4) is 0 Å². The summed E-state index contributed by atoms with van der Waals surface area (Å²) in [5.74, 6) is 1.57. The van der Waals surface area contributed by atoms with Crippen molar-refractivity contribution >= 4 is 40.0 Å². The molecule has 0 amide bonds. The molecule has 1 aromatic rings. The summed E-state index contributed by atoms with van der Waals surface area (Å²) in [6.07, 6.45) is 2.45. The molecule has 1 atom stereocenters. The molecule has 2 rings (SSSR count). The van der Waals surface area contributed by atoms with E-state index in [4.69, 9.17) is 4.99 Å². The van der Waals surface area contributed by atoms with Gasteiger partial charge in [0.2, 0.25) is 10.0 Å². The van der Waals surface area contributed by atoms with Crippen LogP contribution in [0.15, 0.2) is 29.3 Å². The van der Waals surface area contributed by atoms with E-state index in [1.165, 1.54) is 12.8 Å². The molecule has 0 bridgehead atoms. The third kappa shape index (κ3) is 8.24. The molecule has 1 saturated heterocycles. The Kier molecular flexibility index (Phi) is 10.8. The van der Waals surface area contributed by atoms with Crippen LogP contribution in [0.2, 0.25) is 0 Å². The van der Waals surface area contributed by atoms with Gasteiger partial charge in [-0.2, -0.15) is 0 Å². The van der Waals surface area contributed by atoms with Crippen LogP contribution in [-0.2, 0) is 22.3 Å². The van der Waals surface area contributed by atoms with Crippen LogP contribution in [0.4, 0.5) is 0 Å². The van der Waals surface area contributed by atoms with Crippen LogP contribution in [-0.4, -0.2) is 45.0 Å². The van der Waals surface area contributed by atoms with Gasteiger partial charge in [-0.3, -0.25) is 0 Å². The number of benzene rings is 1. The summed E-state index contributed by atoms with van der Waals surface area (Å²) in [6.45, 7) is 11.3. The number of aliphatic imine (C=N–C) groups is 1. The average Bonchev–Trinajstić information content (AvgIpc) is 2.58. The lowest BCUT2D eigenvalue weighted by molar-refractivity contribution is 0.266. The maximum Gasteiger partial charge on any atom is 0.216 e. The van der Waals surface area contributed by atoms with Crippen LogP contribution >= 0.6 is 24.0 Å². The van der Waals surface area contributed by atoms with E-state index in [2.05, 4.69) is 28.8 Å². The fraction of sp³-hybridized carbons (Fsp3) is 0.650. The van der Waals surface area contributed by atoms with Crippen molar-refractivity contribution in [3.8, 4) is 0 Å². The van der Waals surface area contributed by atoms with Crippen molar-refractivity contribution in [2.24, 2.45) is 10.9 Å². The Balaban J connectivity index is 0.00000392. The van der Waals surface area contributed by atoms with E-state index in [9.17, 15) is 8.42 Å². The van der Waals surface area contributed by atoms with Crippen LogP contribution < -0.4 is 10.0 Å². The summed E-state index contributed by atoms with van der Waals surface area (Å²) in [6, 6.07) is 7.55. The van der Waals surface area contributed by atoms with Gasteiger partial charge in [0.15, 0.2) is 5.96 Å². The summed E-state index contributed by atoms with van der Waals surface area (Å²) in [7, 11) is -3.36. The number of nitrogens with zero attached hydrogens (tertiary/aromatic N) is 2. The number of halogens is 1. The quantitative estimate of drug-likeness (QED) is 0.328. The smallest absolute Gasteiger partial charge is 0.216 e. The lowest BCUT2D eigenvalue weighted by Gasteiger charge is -2.33. The van der Waals surface area contributed by atoms with Gasteiger partial charge in [-0.15, -0.1) is 24.0 Å². The van der Waals surface area contributed by atoms with E-state index in [1.807, 2.05) is 38.1 Å². The number of guanidine groups is 1. The minimum atomic E-state index is -3.36. The normalized spacial score (nSPS) is 18.1. The fourth-order valence-electron chi connectivity index (χ4n) is 3.43. The highest BCUT2D eigenvalue weighted by Gasteiger charge is 2.19. The zero-order chi connectivity index (χ0) is 19.9. The number of hydrogen-bond acceptors (Lipinski definition) is 3. The topological polar surface area (TPSA) is 73.8 Å². The Hall–Kier alpha value is -0.870. The van der Waals surface area contributed by atoms with Crippen LogP contribution in [0, 0.1) is 5.92 Å². The molecule has 0 aromatic heterocycles. The lowest BCUT2D eigenvalue weighted by Crippen LogP contribution is -2.46. The van der Waals surface area contributed by atoms with Crippen molar-refractivity contribution in [1.29, 1.82) is 0 Å². The van der Waals surface area contributed by atoms with Gasteiger partial charge in [0, 0.05) is 25.7 Å². The zero-order valence-corrected chi connectivity index (χ0v) is 20.6. The molecule has 160 valence electrons. The molecule has 8 heteroatoms. The lowest BCUT2D eigenvalue weighted by atomic mass is 10.0. The van der Waals surface area contributed by atoms with Crippen molar-refractivity contribution in [2.75, 3.05) is 19.6 Å². The maximum atomic E-state index is 12.3.